The van der Waals surface area contributed by atoms with Gasteiger partial charge in [-0.1, -0.05) is 17.8 Å². The van der Waals surface area contributed by atoms with Gasteiger partial charge in [-0.15, -0.1) is 0 Å². The number of allylic oxidation sites excluding steroid dienone is 3. The fraction of sp³-hybridized carbons (Fsp3) is 0. The summed E-state index contributed by atoms with van der Waals surface area (Å²) in [5.74, 6) is -0.431. The average Bonchev–Trinajstić information content (AvgIpc) is 2.34. The van der Waals surface area contributed by atoms with Gasteiger partial charge in [0.15, 0.2) is 5.78 Å². The Morgan fingerprint density at radius 2 is 2.38 bits per heavy atom. The van der Waals surface area contributed by atoms with E-state index in [1.165, 1.54) is 0 Å². The van der Waals surface area contributed by atoms with Crippen LogP contribution < -0.4 is 0 Å². The molecule has 0 saturated heterocycles. The van der Waals surface area contributed by atoms with Crippen LogP contribution in [0, 0.1) is 11.3 Å². The Bertz CT molecular complexity index is 461. The van der Waals surface area contributed by atoms with Gasteiger partial charge in [0.1, 0.15) is 5.03 Å². The van der Waals surface area contributed by atoms with Crippen LogP contribution in [-0.4, -0.2) is 15.9 Å². The Balaban J connectivity index is 2.75. The second kappa shape index (κ2) is 6.43. The van der Waals surface area contributed by atoms with Crippen LogP contribution in [0.1, 0.15) is 0 Å². The van der Waals surface area contributed by atoms with Crippen molar-refractivity contribution in [2.45, 2.75) is 5.03 Å². The maximum absolute atomic E-state index is 11.4. The molecule has 16 heavy (non-hydrogen) atoms. The minimum Gasteiger partial charge on any atom is -0.514 e. The van der Waals surface area contributed by atoms with E-state index >= 15 is 0 Å². The Kier molecular flexibility index (Phi) is 4.83. The number of aliphatic hydroxyl groups is 1. The second-order valence-electron chi connectivity index (χ2n) is 2.59. The van der Waals surface area contributed by atoms with E-state index in [1.807, 2.05) is 0 Å². The number of carbonyl (C=O) groups is 1. The quantitative estimate of drug-likeness (QED) is 0.373. The minimum absolute atomic E-state index is 0.116. The first-order valence-corrected chi connectivity index (χ1v) is 5.13. The molecule has 1 N–H and O–H groups in total. The largest absolute Gasteiger partial charge is 0.514 e. The lowest BCUT2D eigenvalue weighted by molar-refractivity contribution is -0.110. The smallest absolute Gasteiger partial charge is 0.196 e. The lowest BCUT2D eigenvalue weighted by Crippen LogP contribution is -1.95. The summed E-state index contributed by atoms with van der Waals surface area (Å²) in [6.07, 6.45) is 4.46. The molecule has 0 saturated carbocycles. The van der Waals surface area contributed by atoms with Crippen molar-refractivity contribution in [2.75, 3.05) is 0 Å². The highest BCUT2D eigenvalue weighted by atomic mass is 32.2. The predicted octanol–water partition coefficient (Wildman–Crippen LogP) is 2.22. The predicted molar refractivity (Wildman–Crippen MR) is 60.6 cm³/mol. The summed E-state index contributed by atoms with van der Waals surface area (Å²) in [5.41, 5.74) is 0. The zero-order valence-electron chi connectivity index (χ0n) is 8.20. The van der Waals surface area contributed by atoms with Gasteiger partial charge in [0, 0.05) is 12.3 Å². The SMILES string of the molecule is N#CC=CC(=O)C(=CO)Sc1ccccn1. The summed E-state index contributed by atoms with van der Waals surface area (Å²) in [5, 5.41) is 17.8. The van der Waals surface area contributed by atoms with Gasteiger partial charge in [-0.3, -0.25) is 4.79 Å². The summed E-state index contributed by atoms with van der Waals surface area (Å²) >= 11 is 1.04. The molecule has 0 bridgehead atoms. The average molecular weight is 232 g/mol. The Labute approximate surface area is 96.9 Å². The molecule has 0 unspecified atom stereocenters. The molecule has 0 atom stereocenters. The molecule has 0 amide bonds. The molecule has 4 nitrogen and oxygen atoms in total. The number of hydrogen-bond acceptors (Lipinski definition) is 5. The third kappa shape index (κ3) is 3.59. The van der Waals surface area contributed by atoms with Crippen molar-refractivity contribution in [1.82, 2.24) is 4.98 Å². The van der Waals surface area contributed by atoms with Crippen LogP contribution in [0.2, 0.25) is 0 Å². The third-order valence-electron chi connectivity index (χ3n) is 1.52. The van der Waals surface area contributed by atoms with Crippen LogP contribution in [0.15, 0.2) is 52.7 Å². The number of aliphatic hydroxyl groups excluding tert-OH is 1. The molecule has 0 aliphatic rings. The Hall–Kier alpha value is -2.06. The van der Waals surface area contributed by atoms with E-state index in [4.69, 9.17) is 10.4 Å². The number of rotatable bonds is 4. The van der Waals surface area contributed by atoms with Crippen molar-refractivity contribution in [3.05, 3.63) is 47.7 Å². The highest BCUT2D eigenvalue weighted by molar-refractivity contribution is 8.04. The molecule has 0 aliphatic heterocycles. The summed E-state index contributed by atoms with van der Waals surface area (Å²) in [4.78, 5) is 15.5. The van der Waals surface area contributed by atoms with Crippen molar-refractivity contribution in [3.63, 3.8) is 0 Å². The number of ketones is 1. The molecule has 0 aliphatic carbocycles. The number of nitriles is 1. The van der Waals surface area contributed by atoms with Gasteiger partial charge in [0.25, 0.3) is 0 Å². The summed E-state index contributed by atoms with van der Waals surface area (Å²) in [6, 6.07) is 6.96. The lowest BCUT2D eigenvalue weighted by atomic mass is 10.3. The molecular formula is C11H8N2O2S. The fourth-order valence-electron chi connectivity index (χ4n) is 0.855. The van der Waals surface area contributed by atoms with Gasteiger partial charge >= 0.3 is 0 Å². The molecule has 1 aromatic rings. The number of hydrogen-bond donors (Lipinski definition) is 1. The molecule has 0 aromatic carbocycles. The van der Waals surface area contributed by atoms with Crippen LogP contribution in [0.3, 0.4) is 0 Å². The highest BCUT2D eigenvalue weighted by Gasteiger charge is 2.08. The molecule has 1 rings (SSSR count). The normalized spacial score (nSPS) is 11.3. The minimum atomic E-state index is -0.431. The van der Waals surface area contributed by atoms with Gasteiger partial charge in [-0.25, -0.2) is 4.98 Å². The first kappa shape index (κ1) is 12.0. The number of aromatic nitrogens is 1. The number of thioether (sulfide) groups is 1. The van der Waals surface area contributed by atoms with Crippen molar-refractivity contribution in [2.24, 2.45) is 0 Å². The highest BCUT2D eigenvalue weighted by Crippen LogP contribution is 2.24. The number of carbonyl (C=O) groups excluding carboxylic acids is 1. The van der Waals surface area contributed by atoms with E-state index in [9.17, 15) is 4.79 Å². The van der Waals surface area contributed by atoms with Crippen molar-refractivity contribution in [1.29, 1.82) is 5.26 Å². The molecule has 80 valence electrons. The summed E-state index contributed by atoms with van der Waals surface area (Å²) in [7, 11) is 0. The molecule has 0 radical (unpaired) electrons. The van der Waals surface area contributed by atoms with Crippen LogP contribution >= 0.6 is 11.8 Å². The van der Waals surface area contributed by atoms with Crippen molar-refractivity contribution in [3.8, 4) is 6.07 Å². The standard InChI is InChI=1S/C11H8N2O2S/c12-6-3-4-9(15)10(8-14)16-11-5-1-2-7-13-11/h1-5,7-8,14H. The van der Waals surface area contributed by atoms with Crippen LogP contribution in [0.25, 0.3) is 0 Å². The molecule has 0 fully saturated rings. The van der Waals surface area contributed by atoms with Gasteiger partial charge in [-0.2, -0.15) is 5.26 Å². The summed E-state index contributed by atoms with van der Waals surface area (Å²) < 4.78 is 0. The lowest BCUT2D eigenvalue weighted by Gasteiger charge is -2.00. The molecule has 5 heteroatoms. The van der Waals surface area contributed by atoms with E-state index in [-0.39, 0.29) is 4.91 Å². The zero-order valence-corrected chi connectivity index (χ0v) is 9.02. The van der Waals surface area contributed by atoms with Crippen LogP contribution in [0.4, 0.5) is 0 Å². The topological polar surface area (TPSA) is 74.0 Å². The molecular weight excluding hydrogens is 224 g/mol. The number of nitrogens with zero attached hydrogens (tertiary/aromatic N) is 2. The van der Waals surface area contributed by atoms with Gasteiger partial charge in [-0.05, 0) is 18.2 Å². The van der Waals surface area contributed by atoms with E-state index in [0.717, 1.165) is 23.9 Å². The van der Waals surface area contributed by atoms with E-state index in [1.54, 1.807) is 30.5 Å². The maximum Gasteiger partial charge on any atom is 0.196 e. The molecule has 1 heterocycles. The van der Waals surface area contributed by atoms with Gasteiger partial charge < -0.3 is 5.11 Å². The second-order valence-corrected chi connectivity index (χ2v) is 3.65. The van der Waals surface area contributed by atoms with Crippen molar-refractivity contribution < 1.29 is 9.90 Å². The first-order chi connectivity index (χ1) is 7.77. The maximum atomic E-state index is 11.4. The monoisotopic (exact) mass is 232 g/mol. The van der Waals surface area contributed by atoms with Gasteiger partial charge in [0.05, 0.1) is 17.2 Å². The Morgan fingerprint density at radius 1 is 1.56 bits per heavy atom. The van der Waals surface area contributed by atoms with E-state index in [0.29, 0.717) is 11.3 Å². The van der Waals surface area contributed by atoms with E-state index in [2.05, 4.69) is 4.98 Å². The summed E-state index contributed by atoms with van der Waals surface area (Å²) in [6.45, 7) is 0. The van der Waals surface area contributed by atoms with Crippen molar-refractivity contribution >= 4 is 17.5 Å². The molecule has 0 spiro atoms. The first-order valence-electron chi connectivity index (χ1n) is 4.31. The fourth-order valence-corrected chi connectivity index (χ4v) is 1.56. The van der Waals surface area contributed by atoms with Crippen LogP contribution in [-0.2, 0) is 4.79 Å². The van der Waals surface area contributed by atoms with E-state index < -0.39 is 5.78 Å². The van der Waals surface area contributed by atoms with Crippen LogP contribution in [0.5, 0.6) is 0 Å². The van der Waals surface area contributed by atoms with Gasteiger partial charge in [0.2, 0.25) is 0 Å². The third-order valence-corrected chi connectivity index (χ3v) is 2.50. The Morgan fingerprint density at radius 3 is 2.94 bits per heavy atom. The zero-order chi connectivity index (χ0) is 11.8. The number of pyridine rings is 1. The molecule has 1 aromatic heterocycles.